The number of nitrogens with two attached hydrogens (primary N) is 6. The van der Waals surface area contributed by atoms with Crippen LogP contribution in [0.5, 0.6) is 5.75 Å². The largest absolute Gasteiger partial charge is 0.494 e. The zero-order chi connectivity index (χ0) is 64.2. The maximum Gasteiger partial charge on any atom is 0.245 e. The molecule has 2 heterocycles. The van der Waals surface area contributed by atoms with E-state index in [9.17, 15) is 47.9 Å². The molecule has 1 saturated heterocycles. The van der Waals surface area contributed by atoms with Crippen molar-refractivity contribution in [2.45, 2.75) is 185 Å². The highest BCUT2D eigenvalue weighted by molar-refractivity contribution is 7.08. The Morgan fingerprint density at radius 3 is 1.72 bits per heavy atom. The summed E-state index contributed by atoms with van der Waals surface area (Å²) in [4.78, 5) is 148. The smallest absolute Gasteiger partial charge is 0.245 e. The molecule has 0 radical (unpaired) electrons. The number of aliphatic imine (C=N–C) groups is 2. The van der Waals surface area contributed by atoms with Gasteiger partial charge in [-0.3, -0.25) is 57.9 Å². The predicted octanol–water partition coefficient (Wildman–Crippen LogP) is -0.543. The molecular weight excluding hydrogens is 1150 g/mol. The van der Waals surface area contributed by atoms with Gasteiger partial charge in [0.1, 0.15) is 54.1 Å². The van der Waals surface area contributed by atoms with E-state index in [-0.39, 0.29) is 94.2 Å². The third kappa shape index (κ3) is 20.5. The van der Waals surface area contributed by atoms with Gasteiger partial charge < -0.3 is 81.3 Å². The molecule has 88 heavy (non-hydrogen) atoms. The Bertz CT molecular complexity index is 2790. The lowest BCUT2D eigenvalue weighted by Crippen LogP contribution is -2.61. The summed E-state index contributed by atoms with van der Waals surface area (Å²) in [6, 6.07) is -1.09. The number of rotatable bonds is 35. The van der Waals surface area contributed by atoms with Crippen LogP contribution in [0.15, 0.2) is 51.1 Å². The van der Waals surface area contributed by atoms with Gasteiger partial charge in [-0.1, -0.05) is 32.9 Å². The minimum atomic E-state index is -1.65. The second-order valence-electron chi connectivity index (χ2n) is 24.4. The first-order valence-electron chi connectivity index (χ1n) is 30.7. The number of benzene rings is 1. The fourth-order valence-corrected chi connectivity index (χ4v) is 13.9. The van der Waals surface area contributed by atoms with E-state index in [1.807, 2.05) is 29.8 Å². The predicted molar refractivity (Wildman–Crippen MR) is 331 cm³/mol. The van der Waals surface area contributed by atoms with Crippen LogP contribution in [0.3, 0.4) is 0 Å². The molecule has 1 aromatic carbocycles. The van der Waals surface area contributed by atoms with Crippen LogP contribution in [-0.2, 0) is 60.8 Å². The van der Waals surface area contributed by atoms with Crippen molar-refractivity contribution in [3.8, 4) is 5.75 Å². The zero-order valence-corrected chi connectivity index (χ0v) is 51.8. The molecule has 1 aliphatic heterocycles. The van der Waals surface area contributed by atoms with Gasteiger partial charge in [0, 0.05) is 38.9 Å². The molecule has 8 atom stereocenters. The summed E-state index contributed by atoms with van der Waals surface area (Å²) >= 11 is 1.39. The fourth-order valence-electron chi connectivity index (χ4n) is 13.2. The summed E-state index contributed by atoms with van der Waals surface area (Å²) in [6.45, 7) is 7.60. The molecule has 4 bridgehead atoms. The van der Waals surface area contributed by atoms with Gasteiger partial charge in [-0.05, 0) is 160 Å². The lowest BCUT2D eigenvalue weighted by Gasteiger charge is -2.56. The highest BCUT2D eigenvalue weighted by atomic mass is 32.1. The van der Waals surface area contributed by atoms with Gasteiger partial charge in [-0.15, -0.1) is 0 Å². The van der Waals surface area contributed by atoms with E-state index in [1.165, 1.54) is 35.5 Å². The van der Waals surface area contributed by atoms with Gasteiger partial charge in [0.05, 0.1) is 13.0 Å². The third-order valence-corrected chi connectivity index (χ3v) is 17.7. The molecule has 484 valence electrons. The Morgan fingerprint density at radius 1 is 0.636 bits per heavy atom. The van der Waals surface area contributed by atoms with Gasteiger partial charge >= 0.3 is 0 Å². The van der Waals surface area contributed by atoms with Crippen LogP contribution in [-0.4, -0.2) is 150 Å². The first kappa shape index (κ1) is 69.1. The number of guanidine groups is 2. The second kappa shape index (κ2) is 32.8. The lowest BCUT2D eigenvalue weighted by molar-refractivity contribution is -0.143. The van der Waals surface area contributed by atoms with Crippen molar-refractivity contribution in [2.75, 3.05) is 26.2 Å². The molecule has 27 nitrogen and oxygen atoms in total. The molecule has 7 rings (SSSR count). The molecule has 10 amide bonds. The van der Waals surface area contributed by atoms with Gasteiger partial charge in [0.15, 0.2) is 11.9 Å². The van der Waals surface area contributed by atoms with Crippen molar-refractivity contribution in [1.82, 2.24) is 42.1 Å². The van der Waals surface area contributed by atoms with E-state index in [4.69, 9.17) is 39.1 Å². The normalized spacial score (nSPS) is 21.4. The number of nitrogens with zero attached hydrogens (tertiary/aromatic N) is 3. The third-order valence-electron chi connectivity index (χ3n) is 17.0. The highest BCUT2D eigenvalue weighted by Gasteiger charge is 2.52. The van der Waals surface area contributed by atoms with Crippen molar-refractivity contribution in [3.63, 3.8) is 0 Å². The first-order chi connectivity index (χ1) is 41.9. The van der Waals surface area contributed by atoms with Crippen molar-refractivity contribution in [1.29, 1.82) is 0 Å². The number of likely N-dealkylation sites (tertiary alicyclic amines) is 1. The molecule has 4 saturated carbocycles. The molecule has 0 spiro atoms. The van der Waals surface area contributed by atoms with Crippen LogP contribution in [0.4, 0.5) is 0 Å². The van der Waals surface area contributed by atoms with Crippen molar-refractivity contribution < 1.29 is 52.7 Å². The summed E-state index contributed by atoms with van der Waals surface area (Å²) in [7, 11) is 0. The molecule has 19 N–H and O–H groups in total. The fraction of sp³-hybridized carbons (Fsp3) is 0.633. The summed E-state index contributed by atoms with van der Waals surface area (Å²) in [6.07, 6.45) is 7.48. The molecule has 4 aliphatic carbocycles. The van der Waals surface area contributed by atoms with Crippen LogP contribution in [0, 0.1) is 29.1 Å². The molecule has 28 heteroatoms. The Balaban J connectivity index is 1.13. The standard InChI is InChI=1S/C60H92N16O11S/c1-5-40(57(86)76-20-9-12-46(76)55(84)72-42(11-8-19-68-59(65)66)51(80)71-41(50(62)79)10-7-18-67-58(63)64)70-53(82)45(27-47(61)77)74-56(85)49(33(3)4)75-54(83)44(26-35-17-21-88-32-35)73-52(81)43(25-34-13-15-39(16-14-34)87-6-2)69-48(78)31-60-28-36-22-37(29-60)24-38(23-36)30-60/h13-17,21,32-33,36-38,40-46,49H,5-12,18-20,22-31H2,1-4H3,(H2,61,77)(H2,62,79)(H,69,78)(H,70,82)(H,71,80)(H,72,84)(H,73,81)(H,74,85)(H,75,83)(H4,63,64,67)(H4,65,66,68)/t36?,37?,38?,40-,41-,42-,43+,44-,45-,46-,49-,60?/m0/s1. The number of primary amides is 2. The lowest BCUT2D eigenvalue weighted by atomic mass is 9.49. The van der Waals surface area contributed by atoms with Gasteiger partial charge in [-0.2, -0.15) is 11.3 Å². The minimum Gasteiger partial charge on any atom is -0.494 e. The van der Waals surface area contributed by atoms with Crippen molar-refractivity contribution >= 4 is 82.3 Å². The van der Waals surface area contributed by atoms with E-state index in [0.29, 0.717) is 43.0 Å². The van der Waals surface area contributed by atoms with E-state index in [0.717, 1.165) is 30.4 Å². The molecule has 2 aromatic rings. The SMILES string of the molecule is CCOc1ccc(C[C@@H](NC(=O)CC23CC4CC(CC(C4)C2)C3)C(=O)N[C@@H](Cc2ccsc2)C(=O)N[C@H](C(=O)N[C@@H](CC(N)=O)C(=O)N[C@@H](CC)C(=O)N2CCC[C@H]2C(=O)N[C@@H](CCCN=C(N)N)C(=O)N[C@@H](CCCN=C(N)N)C(N)=O)C(C)C)cc1. The highest BCUT2D eigenvalue weighted by Crippen LogP contribution is 2.61. The van der Waals surface area contributed by atoms with E-state index >= 15 is 0 Å². The quantitative estimate of drug-likeness (QED) is 0.0234. The maximum atomic E-state index is 14.7. The monoisotopic (exact) mass is 1240 g/mol. The molecule has 5 fully saturated rings. The van der Waals surface area contributed by atoms with Crippen molar-refractivity contribution in [2.24, 2.45) is 73.5 Å². The number of nitrogens with one attached hydrogen (secondary N) is 7. The van der Waals surface area contributed by atoms with Gasteiger partial charge in [-0.25, -0.2) is 0 Å². The first-order valence-corrected chi connectivity index (χ1v) is 31.6. The van der Waals surface area contributed by atoms with E-state index in [2.05, 4.69) is 47.2 Å². The Labute approximate surface area is 518 Å². The number of carbonyl (C=O) groups is 10. The number of hydrogen-bond acceptors (Lipinski definition) is 14. The number of thiophene rings is 1. The molecule has 1 aromatic heterocycles. The molecule has 0 unspecified atom stereocenters. The van der Waals surface area contributed by atoms with Crippen molar-refractivity contribution in [3.05, 3.63) is 52.2 Å². The minimum absolute atomic E-state index is 0.00511. The Hall–Kier alpha value is -8.04. The summed E-state index contributed by atoms with van der Waals surface area (Å²) in [5.74, 6) is -5.84. The number of ether oxygens (including phenoxy) is 1. The number of hydrogen-bond donors (Lipinski definition) is 13. The van der Waals surface area contributed by atoms with E-state index in [1.54, 1.807) is 39.0 Å². The van der Waals surface area contributed by atoms with Gasteiger partial charge in [0.25, 0.3) is 0 Å². The number of amides is 10. The average Bonchev–Trinajstić information content (AvgIpc) is 1.59. The van der Waals surface area contributed by atoms with E-state index < -0.39 is 114 Å². The van der Waals surface area contributed by atoms with Crippen LogP contribution in [0.25, 0.3) is 0 Å². The maximum absolute atomic E-state index is 14.7. The Morgan fingerprint density at radius 2 is 1.17 bits per heavy atom. The molecular formula is C60H92N16O11S. The Kier molecular flexibility index (Phi) is 25.7. The molecule has 5 aliphatic rings. The summed E-state index contributed by atoms with van der Waals surface area (Å²) in [5, 5.41) is 22.8. The van der Waals surface area contributed by atoms with Crippen LogP contribution >= 0.6 is 11.3 Å². The van der Waals surface area contributed by atoms with Crippen LogP contribution in [0.1, 0.15) is 135 Å². The number of carbonyl (C=O) groups excluding carboxylic acids is 10. The summed E-state index contributed by atoms with van der Waals surface area (Å²) in [5.41, 5.74) is 34.4. The summed E-state index contributed by atoms with van der Waals surface area (Å²) < 4.78 is 5.65. The van der Waals surface area contributed by atoms with Crippen LogP contribution < -0.4 is 76.4 Å². The van der Waals surface area contributed by atoms with Crippen LogP contribution in [0.2, 0.25) is 0 Å². The average molecular weight is 1250 g/mol. The topological polar surface area (TPSA) is 448 Å². The zero-order valence-electron chi connectivity index (χ0n) is 51.0. The van der Waals surface area contributed by atoms with Gasteiger partial charge in [0.2, 0.25) is 59.1 Å². The second-order valence-corrected chi connectivity index (χ2v) is 25.2.